The molecule has 1 aromatic rings. The number of hydrogen-bond acceptors (Lipinski definition) is 5. The highest BCUT2D eigenvalue weighted by molar-refractivity contribution is 7.72. The third kappa shape index (κ3) is 4.79. The van der Waals surface area contributed by atoms with Gasteiger partial charge in [0.1, 0.15) is 12.2 Å². The molecule has 1 aliphatic rings. The molecular weight excluding hydrogens is 345 g/mol. The highest BCUT2D eigenvalue weighted by atomic mass is 31.2. The average molecular weight is 372 g/mol. The van der Waals surface area contributed by atoms with Gasteiger partial charge in [0.2, 0.25) is 12.6 Å². The summed E-state index contributed by atoms with van der Waals surface area (Å²) in [6, 6.07) is 0. The van der Waals surface area contributed by atoms with Gasteiger partial charge in [-0.2, -0.15) is 9.55 Å². The van der Waals surface area contributed by atoms with Crippen LogP contribution < -0.4 is 15.9 Å². The number of aliphatic hydroxyl groups is 2. The molecule has 8 nitrogen and oxygen atoms in total. The Morgan fingerprint density at radius 2 is 2.08 bits per heavy atom. The lowest BCUT2D eigenvalue weighted by atomic mass is 10.1. The minimum absolute atomic E-state index is 0.341. The van der Waals surface area contributed by atoms with Crippen LogP contribution in [0.15, 0.2) is 28.6 Å². The summed E-state index contributed by atoms with van der Waals surface area (Å²) in [7, 11) is 0. The third-order valence-electron chi connectivity index (χ3n) is 4.18. The molecule has 9 heteroatoms. The van der Waals surface area contributed by atoms with Crippen molar-refractivity contribution in [2.75, 3.05) is 19.5 Å². The number of aliphatic hydroxyl groups excluding tert-OH is 2. The first-order valence-corrected chi connectivity index (χ1v) is 11.2. The first kappa shape index (κ1) is 19.8. The number of rotatable bonds is 7. The fraction of sp³-hybridized carbons (Fsp3) is 0.625. The standard InChI is InChI=1S/C16H26N3O5P/c1-5-6-8-18-10-19(16(23)17-15(18)22)14-13(21)12(20)11(24-14)7-9-25(2,3)4/h5,10-14,20-21H,1-2,6-9H2,3-4H3/p+1/t11-,12-,13-,14?/m1/s1. The van der Waals surface area contributed by atoms with Gasteiger partial charge in [-0.3, -0.25) is 0 Å². The summed E-state index contributed by atoms with van der Waals surface area (Å²) in [6.07, 6.45) is 5.00. The van der Waals surface area contributed by atoms with E-state index in [4.69, 9.17) is 4.74 Å². The second-order valence-electron chi connectivity index (χ2n) is 7.02. The molecule has 1 aromatic heterocycles. The molecular formula is C16H27N3O5P+. The summed E-state index contributed by atoms with van der Waals surface area (Å²) in [6.45, 7) is 6.81. The van der Waals surface area contributed by atoms with Gasteiger partial charge >= 0.3 is 11.4 Å². The molecule has 1 fully saturated rings. The maximum absolute atomic E-state index is 12.1. The summed E-state index contributed by atoms with van der Waals surface area (Å²) >= 11 is 0. The normalized spacial score (nSPS) is 26.7. The van der Waals surface area contributed by atoms with Crippen LogP contribution in [-0.2, 0) is 11.3 Å². The highest BCUT2D eigenvalue weighted by Crippen LogP contribution is 2.39. The number of H-pyrrole nitrogens is 1. The van der Waals surface area contributed by atoms with E-state index in [1.165, 1.54) is 10.9 Å². The molecule has 0 amide bonds. The Morgan fingerprint density at radius 3 is 2.68 bits per heavy atom. The van der Waals surface area contributed by atoms with Crippen molar-refractivity contribution < 1.29 is 19.5 Å². The second kappa shape index (κ2) is 7.83. The fourth-order valence-electron chi connectivity index (χ4n) is 2.73. The molecule has 0 radical (unpaired) electrons. The van der Waals surface area contributed by atoms with Crippen molar-refractivity contribution in [3.63, 3.8) is 0 Å². The summed E-state index contributed by atoms with van der Waals surface area (Å²) in [5, 5.41) is 20.6. The molecule has 0 saturated carbocycles. The van der Waals surface area contributed by atoms with Crippen molar-refractivity contribution in [1.29, 1.82) is 0 Å². The van der Waals surface area contributed by atoms with Gasteiger partial charge in [0, 0.05) is 0 Å². The topological polar surface area (TPSA) is 108 Å². The predicted molar refractivity (Wildman–Crippen MR) is 97.6 cm³/mol. The van der Waals surface area contributed by atoms with E-state index >= 15 is 0 Å². The van der Waals surface area contributed by atoms with E-state index in [0.717, 1.165) is 10.7 Å². The molecule has 4 atom stereocenters. The molecule has 25 heavy (non-hydrogen) atoms. The molecule has 1 unspecified atom stereocenters. The second-order valence-corrected chi connectivity index (χ2v) is 11.3. The van der Waals surface area contributed by atoms with Gasteiger partial charge in [-0.1, -0.05) is 6.08 Å². The maximum atomic E-state index is 12.1. The van der Waals surface area contributed by atoms with Crippen LogP contribution in [0.3, 0.4) is 0 Å². The monoisotopic (exact) mass is 372 g/mol. The van der Waals surface area contributed by atoms with E-state index in [-0.39, 0.29) is 0 Å². The minimum atomic E-state index is -1.29. The van der Waals surface area contributed by atoms with E-state index < -0.39 is 42.8 Å². The molecule has 1 saturated heterocycles. The zero-order valence-electron chi connectivity index (χ0n) is 14.7. The largest absolute Gasteiger partial charge is 0.448 e. The van der Waals surface area contributed by atoms with E-state index in [2.05, 4.69) is 31.2 Å². The quantitative estimate of drug-likeness (QED) is 0.327. The molecule has 3 N–H and O–H groups in total. The van der Waals surface area contributed by atoms with E-state index in [1.54, 1.807) is 6.08 Å². The average Bonchev–Trinajstić information content (AvgIpc) is 2.80. The Balaban J connectivity index is 2.26. The number of hydrogen-bond donors (Lipinski definition) is 3. The van der Waals surface area contributed by atoms with Gasteiger partial charge < -0.3 is 14.9 Å². The lowest BCUT2D eigenvalue weighted by Crippen LogP contribution is -2.57. The lowest BCUT2D eigenvalue weighted by molar-refractivity contribution is -0.718. The summed E-state index contributed by atoms with van der Waals surface area (Å²) < 4.78 is 8.17. The van der Waals surface area contributed by atoms with E-state index in [0.29, 0.717) is 19.4 Å². The van der Waals surface area contributed by atoms with Gasteiger partial charge in [0.05, 0.1) is 12.6 Å². The van der Waals surface area contributed by atoms with Crippen LogP contribution in [0.4, 0.5) is 0 Å². The number of aromatic amines is 1. The molecule has 1 aliphatic heterocycles. The molecule has 0 aliphatic carbocycles. The molecule has 2 heterocycles. The van der Waals surface area contributed by atoms with Gasteiger partial charge in [-0.15, -0.1) is 19.8 Å². The first-order valence-electron chi connectivity index (χ1n) is 8.19. The Bertz CT molecular complexity index is 781. The van der Waals surface area contributed by atoms with Crippen LogP contribution in [0, 0.1) is 0 Å². The van der Waals surface area contributed by atoms with Crippen molar-refractivity contribution in [2.24, 2.45) is 0 Å². The zero-order valence-corrected chi connectivity index (χ0v) is 15.6. The fourth-order valence-corrected chi connectivity index (χ4v) is 3.68. The van der Waals surface area contributed by atoms with E-state index in [9.17, 15) is 19.8 Å². The first-order chi connectivity index (χ1) is 11.6. The van der Waals surface area contributed by atoms with Crippen molar-refractivity contribution >= 4 is 13.2 Å². The van der Waals surface area contributed by atoms with Gasteiger partial charge in [-0.05, 0) is 32.3 Å². The molecule has 2 rings (SSSR count). The summed E-state index contributed by atoms with van der Waals surface area (Å²) in [5.41, 5.74) is -1.24. The number of allylic oxidation sites excluding steroid dienone is 1. The summed E-state index contributed by atoms with van der Waals surface area (Å²) in [4.78, 5) is 26.2. The minimum Gasteiger partial charge on any atom is -0.387 e. The van der Waals surface area contributed by atoms with Crippen LogP contribution in [0.5, 0.6) is 0 Å². The number of nitrogens with one attached hydrogen (secondary N) is 1. The van der Waals surface area contributed by atoms with Gasteiger partial charge in [0.25, 0.3) is 0 Å². The van der Waals surface area contributed by atoms with Crippen LogP contribution in [0.25, 0.3) is 0 Å². The highest BCUT2D eigenvalue weighted by Gasteiger charge is 2.46. The molecule has 0 aromatic carbocycles. The zero-order chi connectivity index (χ0) is 18.8. The van der Waals surface area contributed by atoms with Gasteiger partial charge in [0.15, 0.2) is 0 Å². The molecule has 140 valence electrons. The number of nitrogens with zero attached hydrogens (tertiary/aromatic N) is 2. The Morgan fingerprint density at radius 1 is 1.40 bits per heavy atom. The smallest absolute Gasteiger partial charge is 0.387 e. The molecule has 0 spiro atoms. The SMILES string of the molecule is C=CCC[n+]1cn(C2O[C@H](CCP(=C)(C)C)[C@@H](O)[C@H]2O)c(=O)[nH]c1=O. The van der Waals surface area contributed by atoms with Crippen LogP contribution in [-0.4, -0.2) is 63.9 Å². The Kier molecular flexibility index (Phi) is 6.21. The van der Waals surface area contributed by atoms with Crippen LogP contribution in [0.2, 0.25) is 0 Å². The maximum Gasteiger partial charge on any atom is 0.448 e. The van der Waals surface area contributed by atoms with Crippen LogP contribution in [0.1, 0.15) is 19.1 Å². The number of ether oxygens (including phenoxy) is 1. The van der Waals surface area contributed by atoms with Crippen molar-refractivity contribution in [2.45, 2.75) is 43.9 Å². The van der Waals surface area contributed by atoms with Crippen molar-refractivity contribution in [3.05, 3.63) is 40.0 Å². The van der Waals surface area contributed by atoms with E-state index in [1.807, 2.05) is 0 Å². The van der Waals surface area contributed by atoms with Gasteiger partial charge in [-0.25, -0.2) is 14.2 Å². The third-order valence-corrected chi connectivity index (χ3v) is 5.65. The molecule has 0 bridgehead atoms. The summed E-state index contributed by atoms with van der Waals surface area (Å²) in [5.74, 6) is 0. The van der Waals surface area contributed by atoms with Crippen molar-refractivity contribution in [1.82, 2.24) is 9.55 Å². The number of aromatic nitrogens is 3. The Hall–Kier alpha value is -1.47. The lowest BCUT2D eigenvalue weighted by Gasteiger charge is -2.18. The number of aryl methyl sites for hydroxylation is 1. The Labute approximate surface area is 146 Å². The predicted octanol–water partition coefficient (Wildman–Crippen LogP) is -0.881. The van der Waals surface area contributed by atoms with Crippen molar-refractivity contribution in [3.8, 4) is 0 Å². The van der Waals surface area contributed by atoms with Crippen LogP contribution >= 0.6 is 6.89 Å².